The van der Waals surface area contributed by atoms with Gasteiger partial charge in [-0.25, -0.2) is 4.99 Å². The summed E-state index contributed by atoms with van der Waals surface area (Å²) in [5.41, 5.74) is 7.89. The van der Waals surface area contributed by atoms with Crippen LogP contribution in [0, 0.1) is 20.8 Å². The first-order chi connectivity index (χ1) is 16.9. The molecular weight excluding hydrogens is 450 g/mol. The van der Waals surface area contributed by atoms with Gasteiger partial charge < -0.3 is 4.57 Å². The van der Waals surface area contributed by atoms with Crippen LogP contribution in [0.3, 0.4) is 0 Å². The first-order valence-electron chi connectivity index (χ1n) is 11.9. The maximum absolute atomic E-state index is 13.3. The summed E-state index contributed by atoms with van der Waals surface area (Å²) in [6.07, 6.45) is 4.18. The van der Waals surface area contributed by atoms with Gasteiger partial charge in [0.05, 0.1) is 10.6 Å². The highest BCUT2D eigenvalue weighted by atomic mass is 32.2. The fourth-order valence-corrected chi connectivity index (χ4v) is 5.53. The smallest absolute Gasteiger partial charge is 0.266 e. The predicted molar refractivity (Wildman–Crippen MR) is 148 cm³/mol. The fourth-order valence-electron chi connectivity index (χ4n) is 4.48. The van der Waals surface area contributed by atoms with Crippen molar-refractivity contribution in [3.63, 3.8) is 0 Å². The van der Waals surface area contributed by atoms with Crippen LogP contribution in [0.25, 0.3) is 17.0 Å². The van der Waals surface area contributed by atoms with Crippen LogP contribution >= 0.6 is 11.8 Å². The first-order valence-corrected chi connectivity index (χ1v) is 12.8. The molecule has 176 valence electrons. The lowest BCUT2D eigenvalue weighted by Gasteiger charge is -2.12. The second kappa shape index (κ2) is 9.59. The van der Waals surface area contributed by atoms with E-state index in [1.54, 1.807) is 4.90 Å². The SMILES string of the molecule is CCN1C(=O)/C(=C\c2cn(Cc3cccc(C)c3)c3ccccc23)SC1=Nc1cc(C)ccc1C. The zero-order valence-corrected chi connectivity index (χ0v) is 21.4. The molecule has 0 atom stereocenters. The van der Waals surface area contributed by atoms with E-state index in [0.29, 0.717) is 11.4 Å². The summed E-state index contributed by atoms with van der Waals surface area (Å²) >= 11 is 1.46. The van der Waals surface area contributed by atoms with Gasteiger partial charge in [0.1, 0.15) is 0 Å². The summed E-state index contributed by atoms with van der Waals surface area (Å²) in [7, 11) is 0. The zero-order valence-electron chi connectivity index (χ0n) is 20.6. The van der Waals surface area contributed by atoms with Gasteiger partial charge in [0, 0.05) is 35.8 Å². The topological polar surface area (TPSA) is 37.6 Å². The van der Waals surface area contributed by atoms with Crippen molar-refractivity contribution in [1.82, 2.24) is 9.47 Å². The van der Waals surface area contributed by atoms with Crippen LogP contribution in [0.2, 0.25) is 0 Å². The Morgan fingerprint density at radius 2 is 1.74 bits per heavy atom. The summed E-state index contributed by atoms with van der Waals surface area (Å²) < 4.78 is 2.27. The molecule has 1 fully saturated rings. The first kappa shape index (κ1) is 23.2. The van der Waals surface area contributed by atoms with Gasteiger partial charge in [0.2, 0.25) is 0 Å². The molecule has 0 unspecified atom stereocenters. The third-order valence-electron chi connectivity index (χ3n) is 6.33. The van der Waals surface area contributed by atoms with E-state index in [4.69, 9.17) is 4.99 Å². The van der Waals surface area contributed by atoms with E-state index in [1.165, 1.54) is 22.9 Å². The number of benzene rings is 3. The number of likely N-dealkylation sites (N-methyl/N-ethyl adjacent to an activating group) is 1. The number of carbonyl (C=O) groups is 1. The van der Waals surface area contributed by atoms with Crippen molar-refractivity contribution in [2.45, 2.75) is 34.2 Å². The molecule has 5 heteroatoms. The Morgan fingerprint density at radius 1 is 0.943 bits per heavy atom. The van der Waals surface area contributed by atoms with E-state index in [0.717, 1.165) is 45.0 Å². The number of carbonyl (C=O) groups excluding carboxylic acids is 1. The molecule has 0 saturated carbocycles. The van der Waals surface area contributed by atoms with E-state index >= 15 is 0 Å². The Kier molecular flexibility index (Phi) is 6.35. The second-order valence-electron chi connectivity index (χ2n) is 9.06. The second-order valence-corrected chi connectivity index (χ2v) is 10.1. The van der Waals surface area contributed by atoms with Crippen molar-refractivity contribution in [2.75, 3.05) is 6.54 Å². The molecule has 0 spiro atoms. The average Bonchev–Trinajstić information content (AvgIpc) is 3.33. The van der Waals surface area contributed by atoms with Gasteiger partial charge in [-0.15, -0.1) is 0 Å². The minimum atomic E-state index is 0.0112. The average molecular weight is 480 g/mol. The van der Waals surface area contributed by atoms with Gasteiger partial charge in [-0.3, -0.25) is 9.69 Å². The van der Waals surface area contributed by atoms with Crippen LogP contribution in [0.1, 0.15) is 34.7 Å². The number of hydrogen-bond donors (Lipinski definition) is 0. The Hall–Kier alpha value is -3.57. The molecule has 0 radical (unpaired) electrons. The van der Waals surface area contributed by atoms with Crippen LogP contribution in [0.15, 0.2) is 82.8 Å². The number of thioether (sulfide) groups is 1. The van der Waals surface area contributed by atoms with Crippen molar-refractivity contribution in [3.8, 4) is 0 Å². The van der Waals surface area contributed by atoms with Crippen molar-refractivity contribution >= 4 is 45.5 Å². The number of amides is 1. The van der Waals surface area contributed by atoms with Crippen LogP contribution < -0.4 is 0 Å². The van der Waals surface area contributed by atoms with Crippen molar-refractivity contribution in [3.05, 3.63) is 106 Å². The Labute approximate surface area is 211 Å². The molecule has 4 nitrogen and oxygen atoms in total. The Bertz CT molecular complexity index is 1490. The summed E-state index contributed by atoms with van der Waals surface area (Å²) in [5, 5.41) is 1.88. The van der Waals surface area contributed by atoms with E-state index in [9.17, 15) is 4.79 Å². The normalized spacial score (nSPS) is 16.2. The number of aliphatic imine (C=N–C) groups is 1. The number of nitrogens with zero attached hydrogens (tertiary/aromatic N) is 3. The summed E-state index contributed by atoms with van der Waals surface area (Å²) in [4.78, 5) is 20.7. The lowest BCUT2D eigenvalue weighted by Crippen LogP contribution is -2.28. The van der Waals surface area contributed by atoms with E-state index in [1.807, 2.05) is 13.0 Å². The number of para-hydroxylation sites is 1. The maximum atomic E-state index is 13.3. The molecule has 1 saturated heterocycles. The zero-order chi connectivity index (χ0) is 24.5. The number of rotatable bonds is 5. The van der Waals surface area contributed by atoms with Gasteiger partial charge in [-0.2, -0.15) is 0 Å². The standard InChI is InChI=1S/C30H29N3OS/c1-5-33-29(34)28(35-30(33)31-26-16-21(3)13-14-22(26)4)17-24-19-32(27-12-7-6-11-25(24)27)18-23-10-8-9-20(2)15-23/h6-17,19H,5,18H2,1-4H3/b28-17+,31-30?. The number of aryl methyl sites for hydroxylation is 3. The van der Waals surface area contributed by atoms with Crippen molar-refractivity contribution < 1.29 is 4.79 Å². The van der Waals surface area contributed by atoms with Crippen LogP contribution in [0.5, 0.6) is 0 Å². The van der Waals surface area contributed by atoms with Crippen LogP contribution in [0.4, 0.5) is 5.69 Å². The molecule has 3 aromatic carbocycles. The molecule has 1 aliphatic heterocycles. The third kappa shape index (κ3) is 4.69. The van der Waals surface area contributed by atoms with Gasteiger partial charge in [0.15, 0.2) is 5.17 Å². The molecule has 1 amide bonds. The highest BCUT2D eigenvalue weighted by Gasteiger charge is 2.32. The third-order valence-corrected chi connectivity index (χ3v) is 7.33. The van der Waals surface area contributed by atoms with Gasteiger partial charge in [-0.05, 0) is 74.4 Å². The molecule has 1 aliphatic rings. The van der Waals surface area contributed by atoms with E-state index in [-0.39, 0.29) is 5.91 Å². The quantitative estimate of drug-likeness (QED) is 0.283. The van der Waals surface area contributed by atoms with Gasteiger partial charge >= 0.3 is 0 Å². The Balaban J connectivity index is 1.53. The minimum absolute atomic E-state index is 0.0112. The molecule has 0 aliphatic carbocycles. The number of hydrogen-bond acceptors (Lipinski definition) is 3. The number of aromatic nitrogens is 1. The van der Waals surface area contributed by atoms with Gasteiger partial charge in [0.25, 0.3) is 5.91 Å². The molecule has 0 bridgehead atoms. The van der Waals surface area contributed by atoms with Crippen molar-refractivity contribution in [2.24, 2.45) is 4.99 Å². The lowest BCUT2D eigenvalue weighted by atomic mass is 10.1. The molecule has 0 N–H and O–H groups in total. The van der Waals surface area contributed by atoms with Crippen molar-refractivity contribution in [1.29, 1.82) is 0 Å². The van der Waals surface area contributed by atoms with Gasteiger partial charge in [-0.1, -0.05) is 60.2 Å². The highest BCUT2D eigenvalue weighted by Crippen LogP contribution is 2.36. The van der Waals surface area contributed by atoms with E-state index < -0.39 is 0 Å². The number of amidine groups is 1. The van der Waals surface area contributed by atoms with Crippen LogP contribution in [-0.4, -0.2) is 27.1 Å². The monoisotopic (exact) mass is 479 g/mol. The lowest BCUT2D eigenvalue weighted by molar-refractivity contribution is -0.122. The fraction of sp³-hybridized carbons (Fsp3) is 0.200. The van der Waals surface area contributed by atoms with E-state index in [2.05, 4.69) is 98.3 Å². The molecular formula is C30H29N3OS. The largest absolute Gasteiger partial charge is 0.342 e. The van der Waals surface area contributed by atoms with Crippen LogP contribution in [-0.2, 0) is 11.3 Å². The molecule has 2 heterocycles. The maximum Gasteiger partial charge on any atom is 0.266 e. The molecule has 4 aromatic rings. The minimum Gasteiger partial charge on any atom is -0.342 e. The molecule has 1 aromatic heterocycles. The highest BCUT2D eigenvalue weighted by molar-refractivity contribution is 8.18. The molecule has 5 rings (SSSR count). The summed E-state index contributed by atoms with van der Waals surface area (Å²) in [6.45, 7) is 9.59. The molecule has 35 heavy (non-hydrogen) atoms. The number of fused-ring (bicyclic) bond motifs is 1. The summed E-state index contributed by atoms with van der Waals surface area (Å²) in [6, 6.07) is 23.2. The summed E-state index contributed by atoms with van der Waals surface area (Å²) in [5.74, 6) is 0.0112. The Morgan fingerprint density at radius 3 is 2.54 bits per heavy atom. The predicted octanol–water partition coefficient (Wildman–Crippen LogP) is 7.24.